The fourth-order valence-corrected chi connectivity index (χ4v) is 3.03. The summed E-state index contributed by atoms with van der Waals surface area (Å²) in [4.78, 5) is 12.9. The summed E-state index contributed by atoms with van der Waals surface area (Å²) in [5.41, 5.74) is -2.06. The van der Waals surface area contributed by atoms with E-state index >= 15 is 0 Å². The molecule has 0 spiro atoms. The smallest absolute Gasteiger partial charge is 0.258 e. The third-order valence-electron chi connectivity index (χ3n) is 4.64. The number of nitrogens with zero attached hydrogens (tertiary/aromatic N) is 1. The van der Waals surface area contributed by atoms with Crippen molar-refractivity contribution in [3.63, 3.8) is 0 Å². The first-order valence-electron chi connectivity index (χ1n) is 13.8. The Balaban J connectivity index is 1.73. The third kappa shape index (κ3) is 5.20. The van der Waals surface area contributed by atoms with Crippen molar-refractivity contribution < 1.29 is 26.9 Å². The molecule has 0 fully saturated rings. The molecule has 6 nitrogen and oxygen atoms in total. The Kier molecular flexibility index (Phi) is 3.79. The van der Waals surface area contributed by atoms with Gasteiger partial charge in [-0.2, -0.15) is 0 Å². The minimum atomic E-state index is -3.42. The van der Waals surface area contributed by atoms with Crippen LogP contribution in [-0.2, 0) is 7.05 Å². The van der Waals surface area contributed by atoms with Crippen molar-refractivity contribution in [2.75, 3.05) is 20.3 Å². The van der Waals surface area contributed by atoms with Crippen LogP contribution in [0.3, 0.4) is 0 Å². The number of aliphatic hydroxyl groups is 1. The van der Waals surface area contributed by atoms with E-state index in [-0.39, 0.29) is 12.2 Å². The number of aromatic nitrogens is 1. The summed E-state index contributed by atoms with van der Waals surface area (Å²) in [5.74, 6) is 0.911. The molecule has 160 valence electrons. The van der Waals surface area contributed by atoms with Gasteiger partial charge in [-0.15, -0.1) is 0 Å². The second kappa shape index (κ2) is 8.90. The molecule has 30 heavy (non-hydrogen) atoms. The number of benzene rings is 2. The molecular weight excluding hydrogens is 380 g/mol. The molecule has 3 rings (SSSR count). The van der Waals surface area contributed by atoms with Gasteiger partial charge in [-0.25, -0.2) is 0 Å². The lowest BCUT2D eigenvalue weighted by molar-refractivity contribution is 0.100. The predicted molar refractivity (Wildman–Crippen MR) is 120 cm³/mol. The van der Waals surface area contributed by atoms with Gasteiger partial charge in [0.25, 0.3) is 5.56 Å². The van der Waals surface area contributed by atoms with E-state index in [1.165, 1.54) is 11.7 Å². The highest BCUT2D eigenvalue weighted by Crippen LogP contribution is 2.26. The minimum Gasteiger partial charge on any atom is -0.497 e. The van der Waals surface area contributed by atoms with Gasteiger partial charge in [-0.3, -0.25) is 4.79 Å². The van der Waals surface area contributed by atoms with Crippen LogP contribution in [0.4, 0.5) is 0 Å². The number of β-amino-alcohol motifs (C(OH)–C–C–N with tert-alkyl or cyclic N) is 1. The number of rotatable bonds is 7. The van der Waals surface area contributed by atoms with Crippen molar-refractivity contribution in [2.24, 2.45) is 7.05 Å². The second-order valence-corrected chi connectivity index (χ2v) is 6.97. The maximum absolute atomic E-state index is 12.9. The Morgan fingerprint density at radius 2 is 1.83 bits per heavy atom. The molecule has 0 bridgehead atoms. The number of aliphatic hydroxyl groups excluding tert-OH is 1. The normalized spacial score (nSPS) is 18.4. The van der Waals surface area contributed by atoms with Gasteiger partial charge in [0.15, 0.2) is 0 Å². The summed E-state index contributed by atoms with van der Waals surface area (Å²) in [5, 5.41) is 13.7. The van der Waals surface area contributed by atoms with Crippen molar-refractivity contribution in [3.8, 4) is 22.8 Å². The lowest BCUT2D eigenvalue weighted by Crippen LogP contribution is -2.42. The van der Waals surface area contributed by atoms with E-state index in [0.29, 0.717) is 22.6 Å². The number of nitrogens with one attached hydrogen (secondary N) is 1. The second-order valence-electron chi connectivity index (χ2n) is 6.97. The van der Waals surface area contributed by atoms with Crippen LogP contribution in [-0.4, -0.2) is 41.6 Å². The Hall–Kier alpha value is -2.83. The number of ether oxygens (including phenoxy) is 2. The Bertz CT molecular complexity index is 1330. The van der Waals surface area contributed by atoms with Gasteiger partial charge < -0.3 is 24.5 Å². The van der Waals surface area contributed by atoms with Crippen LogP contribution in [0, 0.1) is 0 Å². The number of hydrogen-bond donors (Lipinski definition) is 2. The molecule has 2 N–H and O–H groups in total. The fraction of sp³-hybridized carbons (Fsp3) is 0.375. The first-order chi connectivity index (χ1) is 17.9. The Labute approximate surface area is 189 Å². The van der Waals surface area contributed by atoms with Crippen molar-refractivity contribution in [3.05, 3.63) is 58.9 Å². The van der Waals surface area contributed by atoms with E-state index in [1.807, 2.05) is 6.07 Å². The van der Waals surface area contributed by atoms with Crippen molar-refractivity contribution in [2.45, 2.75) is 32.2 Å². The van der Waals surface area contributed by atoms with Crippen LogP contribution < -0.4 is 20.3 Å². The summed E-state index contributed by atoms with van der Waals surface area (Å²) in [6.07, 6.45) is -1.42. The molecule has 0 aliphatic carbocycles. The highest BCUT2D eigenvalue weighted by Gasteiger charge is 2.13. The Morgan fingerprint density at radius 3 is 2.50 bits per heavy atom. The molecule has 1 heterocycles. The summed E-state index contributed by atoms with van der Waals surface area (Å²) < 4.78 is 80.9. The molecule has 1 unspecified atom stereocenters. The predicted octanol–water partition coefficient (Wildman–Crippen LogP) is 3.34. The van der Waals surface area contributed by atoms with E-state index in [0.717, 1.165) is 10.9 Å². The molecule has 0 aliphatic heterocycles. The standard InChI is InChI=1S/C24H30N2O4/c1-24(2,3)25-14-18(27)15-30-19-9-6-16(7-10-19)22-12-17-8-11-20(29-5)13-21(17)23(28)26(22)4/h6-13,18,25,27H,14-15H2,1-5H3/i1D3,2D3,3D3. The highest BCUT2D eigenvalue weighted by atomic mass is 16.5. The van der Waals surface area contributed by atoms with Gasteiger partial charge in [0.2, 0.25) is 0 Å². The van der Waals surface area contributed by atoms with E-state index in [9.17, 15) is 9.90 Å². The van der Waals surface area contributed by atoms with Gasteiger partial charge in [0.05, 0.1) is 18.2 Å². The van der Waals surface area contributed by atoms with Crippen LogP contribution in [0.25, 0.3) is 22.0 Å². The molecule has 6 heteroatoms. The molecule has 2 aromatic carbocycles. The maximum Gasteiger partial charge on any atom is 0.258 e. The van der Waals surface area contributed by atoms with Gasteiger partial charge in [-0.05, 0) is 74.0 Å². The van der Waals surface area contributed by atoms with Gasteiger partial charge in [0.1, 0.15) is 24.2 Å². The monoisotopic (exact) mass is 419 g/mol. The maximum atomic E-state index is 12.9. The van der Waals surface area contributed by atoms with Crippen molar-refractivity contribution in [1.29, 1.82) is 0 Å². The summed E-state index contributed by atoms with van der Waals surface area (Å²) in [6, 6.07) is 13.8. The summed E-state index contributed by atoms with van der Waals surface area (Å²) in [6.45, 7) is -11.3. The summed E-state index contributed by atoms with van der Waals surface area (Å²) >= 11 is 0. The number of fused-ring (bicyclic) bond motifs is 1. The number of hydrogen-bond acceptors (Lipinski definition) is 5. The van der Waals surface area contributed by atoms with Crippen molar-refractivity contribution >= 4 is 10.8 Å². The van der Waals surface area contributed by atoms with E-state index in [2.05, 4.69) is 5.32 Å². The minimum absolute atomic E-state index is 0.195. The molecular formula is C24H30N2O4. The summed E-state index contributed by atoms with van der Waals surface area (Å²) in [7, 11) is 3.18. The Morgan fingerprint density at radius 1 is 1.13 bits per heavy atom. The topological polar surface area (TPSA) is 72.7 Å². The molecule has 0 saturated carbocycles. The molecule has 0 saturated heterocycles. The van der Waals surface area contributed by atoms with Crippen LogP contribution in [0.15, 0.2) is 53.3 Å². The quantitative estimate of drug-likeness (QED) is 0.615. The zero-order valence-corrected chi connectivity index (χ0v) is 16.7. The zero-order chi connectivity index (χ0) is 29.4. The molecule has 1 atom stereocenters. The molecule has 0 amide bonds. The molecule has 1 aromatic heterocycles. The highest BCUT2D eigenvalue weighted by molar-refractivity contribution is 5.86. The van der Waals surface area contributed by atoms with E-state index in [1.54, 1.807) is 49.5 Å². The SMILES string of the molecule is [2H]C([2H])([2H])C(NCC(O)COc1ccc(-c2cc3ccc(OC)cc3c(=O)n2C)cc1)(C([2H])([2H])[2H])C([2H])([2H])[2H]. The van der Waals surface area contributed by atoms with Crippen LogP contribution >= 0.6 is 0 Å². The largest absolute Gasteiger partial charge is 0.497 e. The average Bonchev–Trinajstić information content (AvgIpc) is 2.82. The van der Waals surface area contributed by atoms with Crippen molar-refractivity contribution in [1.82, 2.24) is 9.88 Å². The molecule has 0 aliphatic rings. The fourth-order valence-electron chi connectivity index (χ4n) is 3.03. The van der Waals surface area contributed by atoms with Crippen LogP contribution in [0.1, 0.15) is 32.9 Å². The molecule has 0 radical (unpaired) electrons. The van der Waals surface area contributed by atoms with Gasteiger partial charge >= 0.3 is 0 Å². The number of pyridine rings is 1. The van der Waals surface area contributed by atoms with Crippen LogP contribution in [0.2, 0.25) is 0 Å². The van der Waals surface area contributed by atoms with Crippen LogP contribution in [0.5, 0.6) is 11.5 Å². The number of methoxy groups -OCH3 is 1. The zero-order valence-electron chi connectivity index (χ0n) is 25.7. The average molecular weight is 420 g/mol. The van der Waals surface area contributed by atoms with E-state index in [4.69, 9.17) is 21.8 Å². The lowest BCUT2D eigenvalue weighted by atomic mass is 10.1. The first kappa shape index (κ1) is 12.8. The van der Waals surface area contributed by atoms with Gasteiger partial charge in [0, 0.05) is 31.5 Å². The first-order valence-corrected chi connectivity index (χ1v) is 9.27. The molecule has 3 aromatic rings. The van der Waals surface area contributed by atoms with Gasteiger partial charge in [-0.1, -0.05) is 6.07 Å². The van der Waals surface area contributed by atoms with E-state index < -0.39 is 38.7 Å². The lowest BCUT2D eigenvalue weighted by Gasteiger charge is -2.23. The third-order valence-corrected chi connectivity index (χ3v) is 4.64.